The molecule has 0 radical (unpaired) electrons. The average molecular weight is 336 g/mol. The van der Waals surface area contributed by atoms with Crippen LogP contribution in [0.15, 0.2) is 53.6 Å². The Kier molecular flexibility index (Phi) is 5.67. The lowest BCUT2D eigenvalue weighted by molar-refractivity contribution is 0.306. The zero-order valence-electron chi connectivity index (χ0n) is 14.7. The third-order valence-corrected chi connectivity index (χ3v) is 4.01. The van der Waals surface area contributed by atoms with Crippen LogP contribution in [0.3, 0.4) is 0 Å². The van der Waals surface area contributed by atoms with Crippen LogP contribution in [0.4, 0.5) is 5.95 Å². The zero-order chi connectivity index (χ0) is 17.5. The van der Waals surface area contributed by atoms with Crippen molar-refractivity contribution in [2.24, 2.45) is 5.10 Å². The molecule has 0 fully saturated rings. The van der Waals surface area contributed by atoms with E-state index in [2.05, 4.69) is 27.4 Å². The van der Waals surface area contributed by atoms with Crippen LogP contribution >= 0.6 is 0 Å². The van der Waals surface area contributed by atoms with E-state index in [1.165, 1.54) is 12.8 Å². The van der Waals surface area contributed by atoms with E-state index in [9.17, 15) is 0 Å². The number of hydrazone groups is 1. The molecule has 0 aliphatic heterocycles. The van der Waals surface area contributed by atoms with Crippen molar-refractivity contribution < 1.29 is 4.74 Å². The van der Waals surface area contributed by atoms with E-state index in [1.54, 1.807) is 0 Å². The Morgan fingerprint density at radius 3 is 2.68 bits per heavy atom. The van der Waals surface area contributed by atoms with E-state index in [0.29, 0.717) is 5.95 Å². The molecule has 0 aliphatic carbocycles. The Balaban J connectivity index is 1.59. The number of ether oxygens (including phenoxy) is 1. The number of benzene rings is 2. The van der Waals surface area contributed by atoms with Gasteiger partial charge in [0.05, 0.1) is 23.4 Å². The smallest absolute Gasteiger partial charge is 0.222 e. The van der Waals surface area contributed by atoms with Crippen LogP contribution in [0.5, 0.6) is 5.75 Å². The fourth-order valence-electron chi connectivity index (χ4n) is 2.54. The Morgan fingerprint density at radius 2 is 1.92 bits per heavy atom. The van der Waals surface area contributed by atoms with Crippen LogP contribution in [-0.4, -0.2) is 22.3 Å². The summed E-state index contributed by atoms with van der Waals surface area (Å²) in [6.07, 6.45) is 3.51. The monoisotopic (exact) mass is 336 g/mol. The first kappa shape index (κ1) is 17.0. The van der Waals surface area contributed by atoms with Gasteiger partial charge in [0.2, 0.25) is 5.95 Å². The van der Waals surface area contributed by atoms with E-state index in [1.807, 2.05) is 55.5 Å². The average Bonchev–Trinajstić information content (AvgIpc) is 3.07. The van der Waals surface area contributed by atoms with Crippen molar-refractivity contribution in [1.29, 1.82) is 0 Å². The SMILES string of the molecule is CCCCCOc1ccc(/C(C)=N/Nc2nc3ccccc3[nH]2)cc1. The van der Waals surface area contributed by atoms with E-state index < -0.39 is 0 Å². The highest BCUT2D eigenvalue weighted by Crippen LogP contribution is 2.15. The summed E-state index contributed by atoms with van der Waals surface area (Å²) in [5.41, 5.74) is 6.83. The second kappa shape index (κ2) is 8.33. The molecule has 0 aliphatic rings. The normalized spacial score (nSPS) is 11.7. The van der Waals surface area contributed by atoms with Gasteiger partial charge in [-0.2, -0.15) is 5.10 Å². The molecule has 2 aromatic carbocycles. The number of para-hydroxylation sites is 2. The van der Waals surface area contributed by atoms with Crippen molar-refractivity contribution >= 4 is 22.7 Å². The van der Waals surface area contributed by atoms with Gasteiger partial charge < -0.3 is 9.72 Å². The molecular formula is C20H24N4O. The first-order chi connectivity index (χ1) is 12.3. The maximum atomic E-state index is 5.74. The van der Waals surface area contributed by atoms with Crippen molar-refractivity contribution in [1.82, 2.24) is 9.97 Å². The Hall–Kier alpha value is -2.82. The largest absolute Gasteiger partial charge is 0.494 e. The summed E-state index contributed by atoms with van der Waals surface area (Å²) in [4.78, 5) is 7.64. The predicted molar refractivity (Wildman–Crippen MR) is 103 cm³/mol. The molecule has 25 heavy (non-hydrogen) atoms. The molecule has 5 nitrogen and oxygen atoms in total. The molecular weight excluding hydrogens is 312 g/mol. The van der Waals surface area contributed by atoms with Crippen molar-refractivity contribution in [3.8, 4) is 5.75 Å². The molecule has 3 rings (SSSR count). The van der Waals surface area contributed by atoms with Crippen LogP contribution in [0.2, 0.25) is 0 Å². The number of nitrogens with one attached hydrogen (secondary N) is 2. The molecule has 0 saturated carbocycles. The second-order valence-electron chi connectivity index (χ2n) is 5.99. The van der Waals surface area contributed by atoms with Crippen molar-refractivity contribution in [2.75, 3.05) is 12.0 Å². The van der Waals surface area contributed by atoms with Gasteiger partial charge in [-0.05, 0) is 55.3 Å². The molecule has 3 aromatic rings. The first-order valence-electron chi connectivity index (χ1n) is 8.74. The number of hydrogen-bond acceptors (Lipinski definition) is 4. The van der Waals surface area contributed by atoms with Gasteiger partial charge in [-0.25, -0.2) is 10.4 Å². The number of aromatic nitrogens is 2. The molecule has 1 heterocycles. The number of anilines is 1. The van der Waals surface area contributed by atoms with Gasteiger partial charge in [0.1, 0.15) is 5.75 Å². The molecule has 1 aromatic heterocycles. The minimum atomic E-state index is 0.636. The molecule has 0 unspecified atom stereocenters. The van der Waals surface area contributed by atoms with Gasteiger partial charge in [0, 0.05) is 0 Å². The fourth-order valence-corrected chi connectivity index (χ4v) is 2.54. The number of H-pyrrole nitrogens is 1. The first-order valence-corrected chi connectivity index (χ1v) is 8.74. The summed E-state index contributed by atoms with van der Waals surface area (Å²) >= 11 is 0. The number of fused-ring (bicyclic) bond motifs is 1. The molecule has 2 N–H and O–H groups in total. The minimum absolute atomic E-state index is 0.636. The van der Waals surface area contributed by atoms with Crippen LogP contribution in [0.25, 0.3) is 11.0 Å². The lowest BCUT2D eigenvalue weighted by atomic mass is 10.1. The summed E-state index contributed by atoms with van der Waals surface area (Å²) < 4.78 is 5.74. The van der Waals surface area contributed by atoms with Gasteiger partial charge in [0.15, 0.2) is 0 Å². The summed E-state index contributed by atoms with van der Waals surface area (Å²) in [6.45, 7) is 4.93. The van der Waals surface area contributed by atoms with E-state index in [0.717, 1.165) is 41.1 Å². The summed E-state index contributed by atoms with van der Waals surface area (Å²) in [5, 5.41) is 4.41. The molecule has 0 amide bonds. The number of aromatic amines is 1. The molecule has 5 heteroatoms. The third-order valence-electron chi connectivity index (χ3n) is 4.01. The molecule has 0 spiro atoms. The number of nitrogens with zero attached hydrogens (tertiary/aromatic N) is 2. The highest BCUT2D eigenvalue weighted by atomic mass is 16.5. The van der Waals surface area contributed by atoms with Crippen molar-refractivity contribution in [3.63, 3.8) is 0 Å². The molecule has 0 saturated heterocycles. The van der Waals surface area contributed by atoms with Crippen LogP contribution in [0.1, 0.15) is 38.7 Å². The van der Waals surface area contributed by atoms with Crippen LogP contribution in [0, 0.1) is 0 Å². The van der Waals surface area contributed by atoms with Gasteiger partial charge >= 0.3 is 0 Å². The van der Waals surface area contributed by atoms with E-state index in [-0.39, 0.29) is 0 Å². The Morgan fingerprint density at radius 1 is 1.12 bits per heavy atom. The summed E-state index contributed by atoms with van der Waals surface area (Å²) in [6, 6.07) is 15.9. The number of hydrogen-bond donors (Lipinski definition) is 2. The van der Waals surface area contributed by atoms with Crippen molar-refractivity contribution in [3.05, 3.63) is 54.1 Å². The summed E-state index contributed by atoms with van der Waals surface area (Å²) in [7, 11) is 0. The maximum absolute atomic E-state index is 5.74. The van der Waals surface area contributed by atoms with E-state index >= 15 is 0 Å². The highest BCUT2D eigenvalue weighted by Gasteiger charge is 2.02. The van der Waals surface area contributed by atoms with Gasteiger partial charge in [-0.15, -0.1) is 0 Å². The van der Waals surface area contributed by atoms with Crippen LogP contribution in [-0.2, 0) is 0 Å². The summed E-state index contributed by atoms with van der Waals surface area (Å²) in [5.74, 6) is 1.54. The number of rotatable bonds is 8. The Labute approximate surface area is 148 Å². The molecule has 0 bridgehead atoms. The minimum Gasteiger partial charge on any atom is -0.494 e. The van der Waals surface area contributed by atoms with Crippen LogP contribution < -0.4 is 10.2 Å². The zero-order valence-corrected chi connectivity index (χ0v) is 14.7. The number of unbranched alkanes of at least 4 members (excludes halogenated alkanes) is 2. The molecule has 0 atom stereocenters. The van der Waals surface area contributed by atoms with Gasteiger partial charge in [0.25, 0.3) is 0 Å². The highest BCUT2D eigenvalue weighted by molar-refractivity contribution is 5.99. The Bertz CT molecular complexity index is 803. The lowest BCUT2D eigenvalue weighted by Crippen LogP contribution is -2.01. The standard InChI is InChI=1S/C20H24N4O/c1-3-4-7-14-25-17-12-10-16(11-13-17)15(2)23-24-20-21-18-8-5-6-9-19(18)22-20/h5-6,8-13H,3-4,7,14H2,1-2H3,(H2,21,22,24)/b23-15+. The quantitative estimate of drug-likeness (QED) is 0.347. The van der Waals surface area contributed by atoms with Gasteiger partial charge in [-0.1, -0.05) is 31.9 Å². The fraction of sp³-hybridized carbons (Fsp3) is 0.300. The van der Waals surface area contributed by atoms with E-state index in [4.69, 9.17) is 4.74 Å². The lowest BCUT2D eigenvalue weighted by Gasteiger charge is -2.07. The van der Waals surface area contributed by atoms with Gasteiger partial charge in [-0.3, -0.25) is 0 Å². The third kappa shape index (κ3) is 4.59. The topological polar surface area (TPSA) is 62.3 Å². The maximum Gasteiger partial charge on any atom is 0.222 e. The number of imidazole rings is 1. The second-order valence-corrected chi connectivity index (χ2v) is 5.99. The predicted octanol–water partition coefficient (Wildman–Crippen LogP) is 4.97. The van der Waals surface area contributed by atoms with Crippen molar-refractivity contribution in [2.45, 2.75) is 33.1 Å². The molecule has 130 valence electrons.